The minimum Gasteiger partial charge on any atom is -0.465 e. The van der Waals surface area contributed by atoms with Crippen molar-refractivity contribution in [1.29, 1.82) is 0 Å². The molecule has 0 aliphatic carbocycles. The van der Waals surface area contributed by atoms with Gasteiger partial charge in [-0.05, 0) is 49.0 Å². The molecule has 2 aromatic rings. The molecule has 0 radical (unpaired) electrons. The van der Waals surface area contributed by atoms with E-state index < -0.39 is 25.4 Å². The molecule has 1 aromatic heterocycles. The molecule has 0 spiro atoms. The molecule has 10 heteroatoms. The molecule has 3 rings (SSSR count). The number of carbonyl (C=O) groups is 1. The molecule has 0 unspecified atom stereocenters. The molecule has 0 saturated carbocycles. The van der Waals surface area contributed by atoms with E-state index in [1.54, 1.807) is 24.4 Å². The molecule has 2 heterocycles. The number of nitrogens with zero attached hydrogens (tertiary/aromatic N) is 3. The first kappa shape index (κ1) is 26.1. The van der Waals surface area contributed by atoms with E-state index >= 15 is 0 Å². The van der Waals surface area contributed by atoms with Gasteiger partial charge in [0.25, 0.3) is 5.69 Å². The lowest BCUT2D eigenvalue weighted by molar-refractivity contribution is -0.384. The molecule has 1 aromatic carbocycles. The van der Waals surface area contributed by atoms with Crippen LogP contribution in [0, 0.1) is 10.1 Å². The monoisotopic (exact) mass is 505 g/mol. The summed E-state index contributed by atoms with van der Waals surface area (Å²) in [6, 6.07) is 9.22. The van der Waals surface area contributed by atoms with Crippen molar-refractivity contribution in [2.24, 2.45) is 0 Å². The molecule has 184 valence electrons. The van der Waals surface area contributed by atoms with E-state index in [2.05, 4.69) is 38.8 Å². The first-order valence-electron chi connectivity index (χ1n) is 11.3. The molecule has 34 heavy (non-hydrogen) atoms. The van der Waals surface area contributed by atoms with Crippen LogP contribution in [0.5, 0.6) is 0 Å². The smallest absolute Gasteiger partial charge is 0.407 e. The molecule has 8 nitrogen and oxygen atoms in total. The number of hydrogen-bond acceptors (Lipinski definition) is 5. The van der Waals surface area contributed by atoms with Crippen molar-refractivity contribution in [3.8, 4) is 0 Å². The van der Waals surface area contributed by atoms with Crippen LogP contribution in [-0.4, -0.2) is 46.4 Å². The zero-order valence-corrected chi connectivity index (χ0v) is 22.0. The Morgan fingerprint density at radius 1 is 1.26 bits per heavy atom. The second-order valence-electron chi connectivity index (χ2n) is 10.3. The summed E-state index contributed by atoms with van der Waals surface area (Å²) in [7, 11) is -2.25. The van der Waals surface area contributed by atoms with E-state index in [9.17, 15) is 20.0 Å². The maximum Gasteiger partial charge on any atom is 0.407 e. The molecule has 0 bridgehead atoms. The Hall–Kier alpha value is -2.49. The molecule has 1 amide bonds. The molecule has 1 N–H and O–H groups in total. The minimum absolute atomic E-state index is 0.0150. The summed E-state index contributed by atoms with van der Waals surface area (Å²) in [6.07, 6.45) is 2.00. The summed E-state index contributed by atoms with van der Waals surface area (Å²) >= 11 is 6.02. The Labute approximate surface area is 206 Å². The number of benzene rings is 1. The Kier molecular flexibility index (Phi) is 7.69. The summed E-state index contributed by atoms with van der Waals surface area (Å²) in [5, 5.41) is 21.5. The number of non-ortho nitro benzene ring substituents is 1. The van der Waals surface area contributed by atoms with Crippen LogP contribution in [0.4, 0.5) is 10.5 Å². The Balaban J connectivity index is 1.92. The van der Waals surface area contributed by atoms with Gasteiger partial charge in [-0.3, -0.25) is 15.0 Å². The second-order valence-corrected chi connectivity index (χ2v) is 15.5. The third-order valence-electron chi connectivity index (χ3n) is 7.04. The van der Waals surface area contributed by atoms with Gasteiger partial charge in [-0.25, -0.2) is 9.78 Å². The second kappa shape index (κ2) is 10.0. The number of likely N-dealkylation sites (tertiary alicyclic amines) is 1. The number of nitro benzene ring substituents is 1. The topological polar surface area (TPSA) is 106 Å². The van der Waals surface area contributed by atoms with Gasteiger partial charge in [-0.15, -0.1) is 0 Å². The fraction of sp³-hybridized carbons (Fsp3) is 0.500. The van der Waals surface area contributed by atoms with Crippen molar-refractivity contribution < 1.29 is 19.3 Å². The fourth-order valence-corrected chi connectivity index (χ4v) is 5.55. The summed E-state index contributed by atoms with van der Waals surface area (Å²) in [4.78, 5) is 28.7. The van der Waals surface area contributed by atoms with Crippen LogP contribution in [0.1, 0.15) is 50.8 Å². The van der Waals surface area contributed by atoms with Crippen LogP contribution >= 0.6 is 11.6 Å². The van der Waals surface area contributed by atoms with Crippen molar-refractivity contribution >= 4 is 31.7 Å². The minimum atomic E-state index is -2.25. The van der Waals surface area contributed by atoms with Gasteiger partial charge in [0.1, 0.15) is 5.15 Å². The molecule has 1 saturated heterocycles. The van der Waals surface area contributed by atoms with Crippen LogP contribution in [0.15, 0.2) is 42.6 Å². The Morgan fingerprint density at radius 2 is 1.91 bits per heavy atom. The van der Waals surface area contributed by atoms with Gasteiger partial charge in [0.2, 0.25) is 0 Å². The largest absolute Gasteiger partial charge is 0.465 e. The highest BCUT2D eigenvalue weighted by atomic mass is 35.5. The van der Waals surface area contributed by atoms with Gasteiger partial charge >= 0.3 is 6.09 Å². The standard InChI is InChI=1S/C24H32ClN3O5Si/c1-24(2,3)34(4,5)33-22(17-8-13-21(25)26-15-17)20-12-11-19(27(20)23(29)30)14-16-6-9-18(10-7-16)28(31)32/h6-10,13,15,19-20,22H,11-12,14H2,1-5H3,(H,29,30)/t19-,20-,22-/m1/s1. The lowest BCUT2D eigenvalue weighted by atomic mass is 10.0. The highest BCUT2D eigenvalue weighted by Gasteiger charge is 2.46. The van der Waals surface area contributed by atoms with E-state index in [-0.39, 0.29) is 22.8 Å². The summed E-state index contributed by atoms with van der Waals surface area (Å²) in [5.74, 6) is 0. The fourth-order valence-electron chi connectivity index (χ4n) is 4.15. The van der Waals surface area contributed by atoms with Crippen LogP contribution in [0.3, 0.4) is 0 Å². The number of rotatable bonds is 7. The summed E-state index contributed by atoms with van der Waals surface area (Å²) in [5.41, 5.74) is 1.68. The number of amides is 1. The molecule has 1 aliphatic heterocycles. The van der Waals surface area contributed by atoms with Crippen molar-refractivity contribution in [3.63, 3.8) is 0 Å². The Morgan fingerprint density at radius 3 is 2.41 bits per heavy atom. The molecule has 1 fully saturated rings. The lowest BCUT2D eigenvalue weighted by Gasteiger charge is -2.42. The third-order valence-corrected chi connectivity index (χ3v) is 11.7. The number of nitro groups is 1. The van der Waals surface area contributed by atoms with Gasteiger partial charge in [-0.1, -0.05) is 50.6 Å². The van der Waals surface area contributed by atoms with E-state index in [1.807, 2.05) is 6.07 Å². The van der Waals surface area contributed by atoms with Crippen LogP contribution < -0.4 is 0 Å². The number of pyridine rings is 1. The lowest BCUT2D eigenvalue weighted by Crippen LogP contribution is -2.49. The summed E-state index contributed by atoms with van der Waals surface area (Å²) < 4.78 is 6.81. The average molecular weight is 506 g/mol. The van der Waals surface area contributed by atoms with E-state index in [0.29, 0.717) is 24.4 Å². The van der Waals surface area contributed by atoms with Gasteiger partial charge in [0, 0.05) is 29.9 Å². The summed E-state index contributed by atoms with van der Waals surface area (Å²) in [6.45, 7) is 10.8. The molecule has 3 atom stereocenters. The quantitative estimate of drug-likeness (QED) is 0.200. The Bertz CT molecular complexity index is 1020. The third kappa shape index (κ3) is 5.76. The van der Waals surface area contributed by atoms with Crippen molar-refractivity contribution in [3.05, 3.63) is 69.0 Å². The van der Waals surface area contributed by atoms with Crippen LogP contribution in [-0.2, 0) is 10.8 Å². The number of halogens is 1. The number of aromatic nitrogens is 1. The van der Waals surface area contributed by atoms with Crippen LogP contribution in [0.2, 0.25) is 23.3 Å². The number of hydrogen-bond donors (Lipinski definition) is 1. The van der Waals surface area contributed by atoms with E-state index in [1.165, 1.54) is 17.0 Å². The van der Waals surface area contributed by atoms with Crippen molar-refractivity contribution in [1.82, 2.24) is 9.88 Å². The highest BCUT2D eigenvalue weighted by molar-refractivity contribution is 6.74. The molecule has 1 aliphatic rings. The van der Waals surface area contributed by atoms with Crippen molar-refractivity contribution in [2.45, 2.75) is 76.4 Å². The van der Waals surface area contributed by atoms with Gasteiger partial charge < -0.3 is 9.53 Å². The van der Waals surface area contributed by atoms with Gasteiger partial charge in [0.15, 0.2) is 8.32 Å². The first-order valence-corrected chi connectivity index (χ1v) is 14.6. The van der Waals surface area contributed by atoms with Gasteiger partial charge in [0.05, 0.1) is 17.1 Å². The number of carboxylic acid groups (broad SMARTS) is 1. The average Bonchev–Trinajstić information content (AvgIpc) is 3.16. The molecular formula is C24H32ClN3O5Si. The molecular weight excluding hydrogens is 474 g/mol. The predicted octanol–water partition coefficient (Wildman–Crippen LogP) is 6.46. The SMILES string of the molecule is CC(C)(C)[Si](C)(C)O[C@H](c1ccc(Cl)nc1)[C@H]1CC[C@H](Cc2ccc([N+](=O)[O-])cc2)N1C(=O)O. The maximum absolute atomic E-state index is 12.5. The maximum atomic E-state index is 12.5. The zero-order valence-electron chi connectivity index (χ0n) is 20.2. The van der Waals surface area contributed by atoms with Crippen LogP contribution in [0.25, 0.3) is 0 Å². The van der Waals surface area contributed by atoms with Gasteiger partial charge in [-0.2, -0.15) is 0 Å². The van der Waals surface area contributed by atoms with E-state index in [4.69, 9.17) is 16.0 Å². The normalized spacial score (nSPS) is 19.8. The first-order chi connectivity index (χ1) is 15.8. The van der Waals surface area contributed by atoms with Crippen molar-refractivity contribution in [2.75, 3.05) is 0 Å². The van der Waals surface area contributed by atoms with E-state index in [0.717, 1.165) is 11.1 Å². The predicted molar refractivity (Wildman–Crippen MR) is 134 cm³/mol. The zero-order chi connectivity index (χ0) is 25.3. The highest BCUT2D eigenvalue weighted by Crippen LogP contribution is 2.44.